The largest absolute Gasteiger partial charge is 0.486 e. The third-order valence-electron chi connectivity index (χ3n) is 6.74. The van der Waals surface area contributed by atoms with E-state index < -0.39 is 0 Å². The average molecular weight is 344 g/mol. The summed E-state index contributed by atoms with van der Waals surface area (Å²) in [5, 5.41) is 0. The van der Waals surface area contributed by atoms with Crippen LogP contribution in [0.25, 0.3) is 0 Å². The molecule has 1 aliphatic heterocycles. The number of benzene rings is 1. The predicted octanol–water partition coefficient (Wildman–Crippen LogP) is 3.32. The normalized spacial score (nSPS) is 31.0. The fourth-order valence-corrected chi connectivity index (χ4v) is 5.13. The van der Waals surface area contributed by atoms with E-state index in [0.717, 1.165) is 42.0 Å². The van der Waals surface area contributed by atoms with Crippen molar-refractivity contribution in [2.24, 2.45) is 11.8 Å². The lowest BCUT2D eigenvalue weighted by atomic mass is 10.0. The van der Waals surface area contributed by atoms with Gasteiger partial charge < -0.3 is 14.4 Å². The fourth-order valence-electron chi connectivity index (χ4n) is 5.13. The third-order valence-corrected chi connectivity index (χ3v) is 6.74. The van der Waals surface area contributed by atoms with E-state index in [1.807, 2.05) is 0 Å². The molecule has 3 aliphatic rings. The number of aryl methyl sites for hydroxylation is 1. The monoisotopic (exact) mass is 344 g/mol. The first-order valence-electron chi connectivity index (χ1n) is 9.77. The summed E-state index contributed by atoms with van der Waals surface area (Å²) in [6.45, 7) is 4.50. The molecule has 2 fully saturated rings. The maximum Gasteiger partial charge on any atom is 0.161 e. The minimum absolute atomic E-state index is 0.657. The lowest BCUT2D eigenvalue weighted by Crippen LogP contribution is -2.31. The summed E-state index contributed by atoms with van der Waals surface area (Å²) in [5.74, 6) is 3.68. The zero-order valence-electron chi connectivity index (χ0n) is 16.1. The van der Waals surface area contributed by atoms with Gasteiger partial charge in [0.1, 0.15) is 13.2 Å². The lowest BCUT2D eigenvalue weighted by Gasteiger charge is -2.28. The van der Waals surface area contributed by atoms with Crippen molar-refractivity contribution in [2.75, 3.05) is 34.4 Å². The van der Waals surface area contributed by atoms with Crippen LogP contribution in [-0.2, 0) is 6.54 Å². The van der Waals surface area contributed by atoms with Gasteiger partial charge in [0, 0.05) is 18.6 Å². The van der Waals surface area contributed by atoms with Crippen LogP contribution in [0.5, 0.6) is 11.5 Å². The van der Waals surface area contributed by atoms with Crippen molar-refractivity contribution in [3.8, 4) is 11.5 Å². The van der Waals surface area contributed by atoms with Gasteiger partial charge in [0.2, 0.25) is 0 Å². The van der Waals surface area contributed by atoms with E-state index in [1.54, 1.807) is 0 Å². The van der Waals surface area contributed by atoms with E-state index in [-0.39, 0.29) is 0 Å². The highest BCUT2D eigenvalue weighted by atomic mass is 16.6. The Morgan fingerprint density at radius 3 is 2.04 bits per heavy atom. The average Bonchev–Trinajstić information content (AvgIpc) is 3.14. The second-order valence-electron chi connectivity index (χ2n) is 8.57. The molecule has 0 amide bonds. The van der Waals surface area contributed by atoms with E-state index in [4.69, 9.17) is 9.47 Å². The Balaban J connectivity index is 1.40. The minimum atomic E-state index is 0.657. The van der Waals surface area contributed by atoms with E-state index in [2.05, 4.69) is 50.0 Å². The van der Waals surface area contributed by atoms with Crippen LogP contribution >= 0.6 is 0 Å². The van der Waals surface area contributed by atoms with Crippen LogP contribution in [0.15, 0.2) is 12.1 Å². The summed E-state index contributed by atoms with van der Waals surface area (Å²) in [7, 11) is 6.77. The Labute approximate surface area is 152 Å². The van der Waals surface area contributed by atoms with Gasteiger partial charge in [0.25, 0.3) is 0 Å². The molecule has 138 valence electrons. The van der Waals surface area contributed by atoms with Crippen molar-refractivity contribution in [3.05, 3.63) is 23.3 Å². The van der Waals surface area contributed by atoms with Gasteiger partial charge in [-0.1, -0.05) is 0 Å². The molecule has 0 bridgehead atoms. The summed E-state index contributed by atoms with van der Waals surface area (Å²) in [6.07, 6.45) is 5.53. The van der Waals surface area contributed by atoms with Gasteiger partial charge in [-0.15, -0.1) is 0 Å². The zero-order chi connectivity index (χ0) is 17.6. The Bertz CT molecular complexity index is 617. The van der Waals surface area contributed by atoms with Crippen molar-refractivity contribution < 1.29 is 9.47 Å². The predicted molar refractivity (Wildman–Crippen MR) is 100 cm³/mol. The second-order valence-corrected chi connectivity index (χ2v) is 8.57. The molecular weight excluding hydrogens is 312 g/mol. The topological polar surface area (TPSA) is 24.9 Å². The van der Waals surface area contributed by atoms with E-state index >= 15 is 0 Å². The summed E-state index contributed by atoms with van der Waals surface area (Å²) >= 11 is 0. The quantitative estimate of drug-likeness (QED) is 0.837. The molecule has 25 heavy (non-hydrogen) atoms. The van der Waals surface area contributed by atoms with Gasteiger partial charge in [-0.05, 0) is 88.8 Å². The SMILES string of the molecule is Cc1cc2c(cc1CN(C)C1C[C@H]3CC(N(C)C)C[C@H]3C1)OCCO2. The molecule has 0 saturated heterocycles. The van der Waals surface area contributed by atoms with Gasteiger partial charge >= 0.3 is 0 Å². The molecule has 4 rings (SSSR count). The van der Waals surface area contributed by atoms with E-state index in [1.165, 1.54) is 36.8 Å². The van der Waals surface area contributed by atoms with Gasteiger partial charge in [0.15, 0.2) is 11.5 Å². The molecule has 4 nitrogen and oxygen atoms in total. The summed E-state index contributed by atoms with van der Waals surface area (Å²) in [4.78, 5) is 5.00. The summed E-state index contributed by atoms with van der Waals surface area (Å²) in [5.41, 5.74) is 2.68. The number of nitrogens with zero attached hydrogens (tertiary/aromatic N) is 2. The van der Waals surface area contributed by atoms with E-state index in [0.29, 0.717) is 13.2 Å². The molecule has 0 aromatic heterocycles. The molecule has 4 atom stereocenters. The van der Waals surface area contributed by atoms with Crippen molar-refractivity contribution in [1.29, 1.82) is 0 Å². The van der Waals surface area contributed by atoms with Gasteiger partial charge in [-0.2, -0.15) is 0 Å². The number of fused-ring (bicyclic) bond motifs is 2. The molecule has 4 heteroatoms. The summed E-state index contributed by atoms with van der Waals surface area (Å²) in [6, 6.07) is 5.87. The Kier molecular flexibility index (Phi) is 4.67. The Morgan fingerprint density at radius 2 is 1.44 bits per heavy atom. The maximum absolute atomic E-state index is 5.77. The summed E-state index contributed by atoms with van der Waals surface area (Å²) < 4.78 is 11.5. The van der Waals surface area contributed by atoms with Crippen LogP contribution in [0.4, 0.5) is 0 Å². The fraction of sp³-hybridized carbons (Fsp3) is 0.714. The standard InChI is InChI=1S/C21H32N2O2/c1-14-7-20-21(25-6-5-24-20)12-17(14)13-23(4)19-10-15-8-18(22(2)3)9-16(15)11-19/h7,12,15-16,18-19H,5-6,8-11,13H2,1-4H3/t15-,16+,18?,19?. The van der Waals surface area contributed by atoms with Crippen LogP contribution in [0.1, 0.15) is 36.8 Å². The molecule has 0 radical (unpaired) electrons. The van der Waals surface area contributed by atoms with Crippen molar-refractivity contribution >= 4 is 0 Å². The molecule has 2 aliphatic carbocycles. The Hall–Kier alpha value is -1.26. The van der Waals surface area contributed by atoms with Crippen LogP contribution in [-0.4, -0.2) is 56.2 Å². The van der Waals surface area contributed by atoms with Crippen LogP contribution in [0, 0.1) is 18.8 Å². The van der Waals surface area contributed by atoms with Crippen LogP contribution in [0.2, 0.25) is 0 Å². The molecule has 0 N–H and O–H groups in total. The third kappa shape index (κ3) is 3.39. The molecule has 2 unspecified atom stereocenters. The first-order valence-corrected chi connectivity index (χ1v) is 9.77. The lowest BCUT2D eigenvalue weighted by molar-refractivity contribution is 0.170. The maximum atomic E-state index is 5.77. The first kappa shape index (κ1) is 17.2. The molecular formula is C21H32N2O2. The van der Waals surface area contributed by atoms with Gasteiger partial charge in [-0.25, -0.2) is 0 Å². The van der Waals surface area contributed by atoms with Crippen molar-refractivity contribution in [3.63, 3.8) is 0 Å². The van der Waals surface area contributed by atoms with Crippen LogP contribution in [0.3, 0.4) is 0 Å². The smallest absolute Gasteiger partial charge is 0.161 e. The Morgan fingerprint density at radius 1 is 0.880 bits per heavy atom. The van der Waals surface area contributed by atoms with Gasteiger partial charge in [0.05, 0.1) is 0 Å². The minimum Gasteiger partial charge on any atom is -0.486 e. The molecule has 1 heterocycles. The molecule has 0 spiro atoms. The zero-order valence-corrected chi connectivity index (χ0v) is 16.1. The molecule has 1 aromatic carbocycles. The van der Waals surface area contributed by atoms with Gasteiger partial charge in [-0.3, -0.25) is 4.90 Å². The molecule has 1 aromatic rings. The molecule has 2 saturated carbocycles. The number of hydrogen-bond donors (Lipinski definition) is 0. The van der Waals surface area contributed by atoms with Crippen LogP contribution < -0.4 is 9.47 Å². The van der Waals surface area contributed by atoms with E-state index in [9.17, 15) is 0 Å². The first-order chi connectivity index (χ1) is 12.0. The van der Waals surface area contributed by atoms with Crippen molar-refractivity contribution in [1.82, 2.24) is 9.80 Å². The highest BCUT2D eigenvalue weighted by Gasteiger charge is 2.43. The van der Waals surface area contributed by atoms with Crippen molar-refractivity contribution in [2.45, 2.75) is 51.2 Å². The number of rotatable bonds is 4. The highest BCUT2D eigenvalue weighted by molar-refractivity contribution is 5.47. The highest BCUT2D eigenvalue weighted by Crippen LogP contribution is 2.46. The second kappa shape index (κ2) is 6.81. The number of hydrogen-bond acceptors (Lipinski definition) is 4. The number of ether oxygens (including phenoxy) is 2.